The van der Waals surface area contributed by atoms with Crippen LogP contribution in [-0.2, 0) is 11.1 Å². The lowest BCUT2D eigenvalue weighted by Crippen LogP contribution is -1.95. The maximum Gasteiger partial charge on any atom is 0.159 e. The third-order valence-corrected chi connectivity index (χ3v) is 2.07. The van der Waals surface area contributed by atoms with Crippen molar-refractivity contribution in [1.82, 2.24) is 0 Å². The second-order valence-electron chi connectivity index (χ2n) is 2.32. The number of hydrogen-bond donors (Lipinski definition) is 0. The highest BCUT2D eigenvalue weighted by Crippen LogP contribution is 2.08. The van der Waals surface area contributed by atoms with Crippen molar-refractivity contribution in [3.8, 4) is 0 Å². The molecule has 0 bridgehead atoms. The fraction of sp³-hybridized carbons (Fsp3) is 0.125. The van der Waals surface area contributed by atoms with E-state index >= 15 is 0 Å². The van der Waals surface area contributed by atoms with Crippen LogP contribution in [0.25, 0.3) is 0 Å². The molecule has 0 aromatic heterocycles. The highest BCUT2D eigenvalue weighted by atomic mass is 32.2. The van der Waals surface area contributed by atoms with E-state index in [0.717, 1.165) is 0 Å². The maximum absolute atomic E-state index is 10.8. The topological polar surface area (TPSA) is 57.2 Å². The number of rotatable bonds is 2. The average Bonchev–Trinajstić information content (AvgIpc) is 2.04. The molecule has 64 valence electrons. The Hall–Kier alpha value is -1.00. The van der Waals surface area contributed by atoms with E-state index in [9.17, 15) is 13.6 Å². The van der Waals surface area contributed by atoms with Gasteiger partial charge in [-0.1, -0.05) is 12.1 Å². The third kappa shape index (κ3) is 1.99. The zero-order valence-electron chi connectivity index (χ0n) is 6.44. The smallest absolute Gasteiger partial charge is 0.159 e. The van der Waals surface area contributed by atoms with Gasteiger partial charge in [-0.2, -0.15) is 0 Å². The summed E-state index contributed by atoms with van der Waals surface area (Å²) in [6, 6.07) is 5.92. The van der Waals surface area contributed by atoms with Crippen LogP contribution in [0.15, 0.2) is 29.2 Å². The zero-order chi connectivity index (χ0) is 9.14. The van der Waals surface area contributed by atoms with Gasteiger partial charge in [-0.05, 0) is 30.1 Å². The molecule has 1 aromatic carbocycles. The van der Waals surface area contributed by atoms with E-state index in [0.29, 0.717) is 5.56 Å². The minimum Gasteiger partial charge on any atom is -0.768 e. The molecule has 12 heavy (non-hydrogen) atoms. The van der Waals surface area contributed by atoms with Crippen molar-refractivity contribution in [2.45, 2.75) is 11.8 Å². The Kier molecular flexibility index (Phi) is 2.73. The molecular weight excluding hydrogens is 176 g/mol. The first kappa shape index (κ1) is 9.09. The van der Waals surface area contributed by atoms with E-state index < -0.39 is 11.1 Å². The minimum atomic E-state index is -2.26. The lowest BCUT2D eigenvalue weighted by atomic mass is 10.2. The zero-order valence-corrected chi connectivity index (χ0v) is 7.26. The molecular formula is C8H7O3S-. The molecule has 0 saturated heterocycles. The van der Waals surface area contributed by atoms with Gasteiger partial charge >= 0.3 is 0 Å². The van der Waals surface area contributed by atoms with Gasteiger partial charge in [0.15, 0.2) is 5.78 Å². The second-order valence-corrected chi connectivity index (χ2v) is 3.26. The van der Waals surface area contributed by atoms with Gasteiger partial charge in [0, 0.05) is 10.5 Å². The summed E-state index contributed by atoms with van der Waals surface area (Å²) < 4.78 is 20.9. The quantitative estimate of drug-likeness (QED) is 0.510. The average molecular weight is 183 g/mol. The summed E-state index contributed by atoms with van der Waals surface area (Å²) in [5.41, 5.74) is 0.414. The molecule has 0 heterocycles. The Morgan fingerprint density at radius 2 is 2.17 bits per heavy atom. The predicted octanol–water partition coefficient (Wildman–Crippen LogP) is 1.13. The van der Waals surface area contributed by atoms with Crippen molar-refractivity contribution in [2.24, 2.45) is 0 Å². The Balaban J connectivity index is 3.12. The molecule has 0 aliphatic carbocycles. The van der Waals surface area contributed by atoms with Gasteiger partial charge < -0.3 is 4.55 Å². The first-order chi connectivity index (χ1) is 5.61. The van der Waals surface area contributed by atoms with E-state index in [-0.39, 0.29) is 10.7 Å². The van der Waals surface area contributed by atoms with Crippen molar-refractivity contribution in [2.75, 3.05) is 0 Å². The van der Waals surface area contributed by atoms with Crippen LogP contribution in [0.4, 0.5) is 0 Å². The normalized spacial score (nSPS) is 12.5. The summed E-state index contributed by atoms with van der Waals surface area (Å²) in [7, 11) is 0. The van der Waals surface area contributed by atoms with Crippen molar-refractivity contribution < 1.29 is 13.6 Å². The molecule has 0 fully saturated rings. The fourth-order valence-electron chi connectivity index (χ4n) is 0.819. The number of carbonyl (C=O) groups is 1. The molecule has 0 radical (unpaired) electrons. The molecule has 1 aromatic rings. The molecule has 0 aliphatic rings. The van der Waals surface area contributed by atoms with E-state index in [2.05, 4.69) is 0 Å². The van der Waals surface area contributed by atoms with Crippen LogP contribution in [0.3, 0.4) is 0 Å². The fourth-order valence-corrected chi connectivity index (χ4v) is 1.23. The predicted molar refractivity (Wildman–Crippen MR) is 43.6 cm³/mol. The summed E-state index contributed by atoms with van der Waals surface area (Å²) >= 11 is -2.26. The van der Waals surface area contributed by atoms with E-state index in [4.69, 9.17) is 0 Å². The Morgan fingerprint density at radius 3 is 2.67 bits per heavy atom. The van der Waals surface area contributed by atoms with Crippen LogP contribution in [0.5, 0.6) is 0 Å². The van der Waals surface area contributed by atoms with Crippen molar-refractivity contribution in [3.05, 3.63) is 29.8 Å². The summed E-state index contributed by atoms with van der Waals surface area (Å²) in [4.78, 5) is 11.0. The maximum atomic E-state index is 10.8. The van der Waals surface area contributed by atoms with Gasteiger partial charge in [-0.25, -0.2) is 0 Å². The van der Waals surface area contributed by atoms with E-state index in [1.165, 1.54) is 19.1 Å². The van der Waals surface area contributed by atoms with Crippen molar-refractivity contribution in [3.63, 3.8) is 0 Å². The van der Waals surface area contributed by atoms with Crippen molar-refractivity contribution in [1.29, 1.82) is 0 Å². The molecule has 0 saturated carbocycles. The first-order valence-electron chi connectivity index (χ1n) is 3.31. The van der Waals surface area contributed by atoms with Gasteiger partial charge in [-0.3, -0.25) is 9.00 Å². The molecule has 0 N–H and O–H groups in total. The van der Waals surface area contributed by atoms with E-state index in [1.54, 1.807) is 12.1 Å². The Bertz CT molecular complexity index is 304. The molecule has 1 rings (SSSR count). The van der Waals surface area contributed by atoms with Crippen molar-refractivity contribution >= 4 is 16.9 Å². The molecule has 0 spiro atoms. The lowest BCUT2D eigenvalue weighted by molar-refractivity contribution is 0.101. The van der Waals surface area contributed by atoms with Crippen LogP contribution in [0.2, 0.25) is 0 Å². The molecule has 0 aliphatic heterocycles. The summed E-state index contributed by atoms with van der Waals surface area (Å²) in [6.45, 7) is 1.40. The number of benzene rings is 1. The van der Waals surface area contributed by atoms with Crippen LogP contribution in [-0.4, -0.2) is 14.5 Å². The first-order valence-corrected chi connectivity index (χ1v) is 4.39. The molecule has 0 amide bonds. The Morgan fingerprint density at radius 1 is 1.50 bits per heavy atom. The highest BCUT2D eigenvalue weighted by molar-refractivity contribution is 7.79. The number of ketones is 1. The molecule has 1 unspecified atom stereocenters. The summed E-state index contributed by atoms with van der Waals surface area (Å²) in [6.07, 6.45) is 0. The second kappa shape index (κ2) is 3.60. The summed E-state index contributed by atoms with van der Waals surface area (Å²) in [5, 5.41) is 0. The third-order valence-electron chi connectivity index (χ3n) is 1.43. The lowest BCUT2D eigenvalue weighted by Gasteiger charge is -2.05. The largest absolute Gasteiger partial charge is 0.768 e. The standard InChI is InChI=1S/C8H8O3S/c1-6(9)7-3-2-4-8(5-7)12(10)11/h2-5H,1H3,(H,10,11)/p-1. The molecule has 4 heteroatoms. The van der Waals surface area contributed by atoms with Gasteiger partial charge in [0.25, 0.3) is 0 Å². The monoisotopic (exact) mass is 183 g/mol. The highest BCUT2D eigenvalue weighted by Gasteiger charge is 1.99. The number of hydrogen-bond acceptors (Lipinski definition) is 3. The van der Waals surface area contributed by atoms with Crippen LogP contribution >= 0.6 is 0 Å². The van der Waals surface area contributed by atoms with Gasteiger partial charge in [0.1, 0.15) is 0 Å². The van der Waals surface area contributed by atoms with Gasteiger partial charge in [0.2, 0.25) is 0 Å². The minimum absolute atomic E-state index is 0.137. The van der Waals surface area contributed by atoms with Crippen LogP contribution in [0.1, 0.15) is 17.3 Å². The number of Topliss-reactive ketones (excluding diaryl/α,β-unsaturated/α-hetero) is 1. The SMILES string of the molecule is CC(=O)c1cccc(S(=O)[O-])c1. The van der Waals surface area contributed by atoms with Gasteiger partial charge in [-0.15, -0.1) is 0 Å². The van der Waals surface area contributed by atoms with E-state index in [1.807, 2.05) is 0 Å². The molecule has 3 nitrogen and oxygen atoms in total. The molecule has 1 atom stereocenters. The Labute approximate surface area is 72.7 Å². The summed E-state index contributed by atoms with van der Waals surface area (Å²) in [5.74, 6) is -0.137. The van der Waals surface area contributed by atoms with Crippen LogP contribution < -0.4 is 0 Å². The number of carbonyl (C=O) groups excluding carboxylic acids is 1. The van der Waals surface area contributed by atoms with Crippen LogP contribution in [0, 0.1) is 0 Å². The van der Waals surface area contributed by atoms with Gasteiger partial charge in [0.05, 0.1) is 0 Å².